The molecule has 1 aromatic heterocycles. The maximum Gasteiger partial charge on any atom is 0.269 e. The molecule has 0 unspecified atom stereocenters. The zero-order chi connectivity index (χ0) is 11.4. The molecule has 0 atom stereocenters. The van der Waals surface area contributed by atoms with Crippen molar-refractivity contribution in [2.75, 3.05) is 7.11 Å². The average molecular weight is 324 g/mol. The highest BCUT2D eigenvalue weighted by molar-refractivity contribution is 14.1. The van der Waals surface area contributed by atoms with Gasteiger partial charge < -0.3 is 4.74 Å². The highest BCUT2D eigenvalue weighted by atomic mass is 127. The maximum absolute atomic E-state index is 12.6. The summed E-state index contributed by atoms with van der Waals surface area (Å²) in [5.41, 5.74) is 0.211. The highest BCUT2D eigenvalue weighted by Gasteiger charge is 2.19. The standard InChI is InChI=1S/C9H7F2IN2O/c1-15-6-4-5(2-3-13)14-9(12)7(6)8(10)11/h4,8H,2H2,1H3. The van der Waals surface area contributed by atoms with E-state index in [1.54, 1.807) is 22.6 Å². The molecule has 0 saturated heterocycles. The van der Waals surface area contributed by atoms with Crippen molar-refractivity contribution in [1.29, 1.82) is 5.26 Å². The van der Waals surface area contributed by atoms with Crippen LogP contribution < -0.4 is 4.74 Å². The minimum atomic E-state index is -2.63. The summed E-state index contributed by atoms with van der Waals surface area (Å²) in [4.78, 5) is 3.90. The fourth-order valence-corrected chi connectivity index (χ4v) is 1.90. The number of hydrogen-bond acceptors (Lipinski definition) is 3. The fourth-order valence-electron chi connectivity index (χ4n) is 1.09. The van der Waals surface area contributed by atoms with E-state index in [1.807, 2.05) is 6.07 Å². The first-order valence-electron chi connectivity index (χ1n) is 3.98. The zero-order valence-electron chi connectivity index (χ0n) is 7.80. The lowest BCUT2D eigenvalue weighted by Crippen LogP contribution is -2.01. The van der Waals surface area contributed by atoms with Crippen molar-refractivity contribution < 1.29 is 13.5 Å². The minimum absolute atomic E-state index is 0.0784. The molecule has 0 aliphatic rings. The van der Waals surface area contributed by atoms with Crippen LogP contribution in [0.5, 0.6) is 5.75 Å². The zero-order valence-corrected chi connectivity index (χ0v) is 9.96. The van der Waals surface area contributed by atoms with Crippen LogP contribution in [-0.2, 0) is 6.42 Å². The van der Waals surface area contributed by atoms with Gasteiger partial charge in [0.25, 0.3) is 6.43 Å². The monoisotopic (exact) mass is 324 g/mol. The predicted molar refractivity (Wildman–Crippen MR) is 57.8 cm³/mol. The van der Waals surface area contributed by atoms with Crippen molar-refractivity contribution in [3.63, 3.8) is 0 Å². The van der Waals surface area contributed by atoms with E-state index >= 15 is 0 Å². The first-order valence-corrected chi connectivity index (χ1v) is 5.06. The molecule has 1 aromatic rings. The lowest BCUT2D eigenvalue weighted by atomic mass is 10.2. The number of alkyl halides is 2. The third-order valence-corrected chi connectivity index (χ3v) is 2.55. The summed E-state index contributed by atoms with van der Waals surface area (Å²) in [6, 6.07) is 3.27. The molecule has 0 aliphatic carbocycles. The van der Waals surface area contributed by atoms with Crippen LogP contribution >= 0.6 is 22.6 Å². The fraction of sp³-hybridized carbons (Fsp3) is 0.333. The van der Waals surface area contributed by atoms with Gasteiger partial charge in [0, 0.05) is 6.07 Å². The highest BCUT2D eigenvalue weighted by Crippen LogP contribution is 2.32. The van der Waals surface area contributed by atoms with E-state index in [2.05, 4.69) is 4.98 Å². The Bertz CT molecular complexity index is 404. The third-order valence-electron chi connectivity index (χ3n) is 1.73. The van der Waals surface area contributed by atoms with Crippen LogP contribution in [0.2, 0.25) is 0 Å². The predicted octanol–water partition coefficient (Wildman–Crippen LogP) is 2.70. The van der Waals surface area contributed by atoms with Crippen molar-refractivity contribution in [1.82, 2.24) is 4.98 Å². The number of nitriles is 1. The van der Waals surface area contributed by atoms with Crippen molar-refractivity contribution in [3.05, 3.63) is 21.0 Å². The Labute approximate surface area is 99.2 Å². The first-order chi connectivity index (χ1) is 7.10. The van der Waals surface area contributed by atoms with E-state index < -0.39 is 6.43 Å². The van der Waals surface area contributed by atoms with Crippen LogP contribution in [0.1, 0.15) is 17.7 Å². The summed E-state index contributed by atoms with van der Waals surface area (Å²) in [6.45, 7) is 0. The Morgan fingerprint density at radius 1 is 1.67 bits per heavy atom. The second-order valence-corrected chi connectivity index (χ2v) is 3.68. The lowest BCUT2D eigenvalue weighted by molar-refractivity contribution is 0.145. The Kier molecular flexibility index (Phi) is 4.20. The molecule has 6 heteroatoms. The van der Waals surface area contributed by atoms with Crippen molar-refractivity contribution in [3.8, 4) is 11.8 Å². The quantitative estimate of drug-likeness (QED) is 0.634. The van der Waals surface area contributed by atoms with Crippen LogP contribution in [0, 0.1) is 15.0 Å². The Hall–Kier alpha value is -0.970. The van der Waals surface area contributed by atoms with E-state index in [0.717, 1.165) is 0 Å². The van der Waals surface area contributed by atoms with Crippen LogP contribution in [-0.4, -0.2) is 12.1 Å². The molecule has 0 aliphatic heterocycles. The normalized spacial score (nSPS) is 10.1. The average Bonchev–Trinajstić information content (AvgIpc) is 2.16. The molecule has 0 fully saturated rings. The van der Waals surface area contributed by atoms with E-state index in [0.29, 0.717) is 5.69 Å². The Morgan fingerprint density at radius 3 is 2.80 bits per heavy atom. The number of methoxy groups -OCH3 is 1. The second kappa shape index (κ2) is 5.21. The Balaban J connectivity index is 3.25. The van der Waals surface area contributed by atoms with Crippen LogP contribution in [0.15, 0.2) is 6.07 Å². The molecule has 0 saturated carbocycles. The van der Waals surface area contributed by atoms with Gasteiger partial charge in [0.15, 0.2) is 0 Å². The number of halogens is 3. The van der Waals surface area contributed by atoms with Gasteiger partial charge in [0.05, 0.1) is 30.9 Å². The van der Waals surface area contributed by atoms with E-state index in [1.165, 1.54) is 13.2 Å². The van der Waals surface area contributed by atoms with Gasteiger partial charge in [-0.05, 0) is 22.6 Å². The summed E-state index contributed by atoms with van der Waals surface area (Å²) in [7, 11) is 1.31. The maximum atomic E-state index is 12.6. The van der Waals surface area contributed by atoms with E-state index in [-0.39, 0.29) is 21.4 Å². The molecule has 1 heterocycles. The molecular formula is C9H7F2IN2O. The van der Waals surface area contributed by atoms with E-state index in [9.17, 15) is 8.78 Å². The number of aromatic nitrogens is 1. The summed E-state index contributed by atoms with van der Waals surface area (Å²) in [6.07, 6.45) is -2.55. The van der Waals surface area contributed by atoms with Gasteiger partial charge in [0.1, 0.15) is 9.45 Å². The van der Waals surface area contributed by atoms with Gasteiger partial charge in [-0.3, -0.25) is 0 Å². The van der Waals surface area contributed by atoms with Gasteiger partial charge in [-0.2, -0.15) is 5.26 Å². The van der Waals surface area contributed by atoms with E-state index in [4.69, 9.17) is 10.00 Å². The van der Waals surface area contributed by atoms with Crippen LogP contribution in [0.25, 0.3) is 0 Å². The topological polar surface area (TPSA) is 45.9 Å². The molecule has 3 nitrogen and oxygen atoms in total. The molecular weight excluding hydrogens is 317 g/mol. The molecule has 80 valence electrons. The largest absolute Gasteiger partial charge is 0.496 e. The molecule has 15 heavy (non-hydrogen) atoms. The van der Waals surface area contributed by atoms with Gasteiger partial charge in [-0.1, -0.05) is 0 Å². The van der Waals surface area contributed by atoms with Gasteiger partial charge >= 0.3 is 0 Å². The smallest absolute Gasteiger partial charge is 0.269 e. The summed E-state index contributed by atoms with van der Waals surface area (Å²) in [5.74, 6) is 0.0784. The number of ether oxygens (including phenoxy) is 1. The van der Waals surface area contributed by atoms with Gasteiger partial charge in [-0.25, -0.2) is 13.8 Å². The summed E-state index contributed by atoms with van der Waals surface area (Å²) < 4.78 is 30.2. The molecule has 0 radical (unpaired) electrons. The van der Waals surface area contributed by atoms with Crippen molar-refractivity contribution >= 4 is 22.6 Å². The third kappa shape index (κ3) is 2.75. The molecule has 0 aromatic carbocycles. The van der Waals surface area contributed by atoms with Gasteiger partial charge in [-0.15, -0.1) is 0 Å². The number of rotatable bonds is 3. The van der Waals surface area contributed by atoms with Crippen LogP contribution in [0.3, 0.4) is 0 Å². The summed E-state index contributed by atoms with van der Waals surface area (Å²) in [5, 5.41) is 8.47. The summed E-state index contributed by atoms with van der Waals surface area (Å²) >= 11 is 1.71. The SMILES string of the molecule is COc1cc(CC#N)nc(I)c1C(F)F. The number of nitrogens with zero attached hydrogens (tertiary/aromatic N) is 2. The molecule has 0 spiro atoms. The molecule has 0 amide bonds. The molecule has 1 rings (SSSR count). The molecule has 0 bridgehead atoms. The Morgan fingerprint density at radius 2 is 2.33 bits per heavy atom. The van der Waals surface area contributed by atoms with Crippen molar-refractivity contribution in [2.24, 2.45) is 0 Å². The number of pyridine rings is 1. The number of hydrogen-bond donors (Lipinski definition) is 0. The van der Waals surface area contributed by atoms with Crippen LogP contribution in [0.4, 0.5) is 8.78 Å². The lowest BCUT2D eigenvalue weighted by Gasteiger charge is -2.10. The molecule has 0 N–H and O–H groups in total. The van der Waals surface area contributed by atoms with Crippen molar-refractivity contribution in [2.45, 2.75) is 12.8 Å². The first kappa shape index (κ1) is 12.1. The second-order valence-electron chi connectivity index (χ2n) is 2.66. The minimum Gasteiger partial charge on any atom is -0.496 e. The van der Waals surface area contributed by atoms with Gasteiger partial charge in [0.2, 0.25) is 0 Å².